The van der Waals surface area contributed by atoms with Crippen LogP contribution in [0.1, 0.15) is 18.4 Å². The van der Waals surface area contributed by atoms with Crippen LogP contribution in [0.5, 0.6) is 0 Å². The van der Waals surface area contributed by atoms with Crippen LogP contribution >= 0.6 is 0 Å². The highest BCUT2D eigenvalue weighted by Gasteiger charge is 2.55. The summed E-state index contributed by atoms with van der Waals surface area (Å²) in [4.78, 5) is 14.2. The molecule has 0 atom stereocenters. The quantitative estimate of drug-likeness (QED) is 0.791. The third-order valence-corrected chi connectivity index (χ3v) is 6.56. The number of carbonyl (C=O) groups is 1. The third-order valence-electron chi connectivity index (χ3n) is 4.67. The van der Waals surface area contributed by atoms with Gasteiger partial charge in [-0.25, -0.2) is 8.42 Å². The zero-order valence-corrected chi connectivity index (χ0v) is 13.6. The van der Waals surface area contributed by atoms with Crippen LogP contribution in [-0.4, -0.2) is 52.0 Å². The second kappa shape index (κ2) is 5.01. The number of rotatable bonds is 2. The van der Waals surface area contributed by atoms with Gasteiger partial charge in [-0.3, -0.25) is 4.79 Å². The second-order valence-electron chi connectivity index (χ2n) is 5.97. The standard InChI is InChI=1S/C15H18N2O5S/c1-16-13-5-4-11(23(19,20)17-6-2-3-7-17)10-12(13)15(14(16)18)21-8-9-22-15/h4-5,10H,2-3,6-9H2,1H3. The Morgan fingerprint density at radius 2 is 1.78 bits per heavy atom. The molecule has 2 fully saturated rings. The van der Waals surface area contributed by atoms with Gasteiger partial charge in [0.15, 0.2) is 0 Å². The molecule has 0 radical (unpaired) electrons. The summed E-state index contributed by atoms with van der Waals surface area (Å²) in [6, 6.07) is 4.72. The molecule has 2 saturated heterocycles. The maximum atomic E-state index is 12.7. The highest BCUT2D eigenvalue weighted by Crippen LogP contribution is 2.46. The Bertz CT molecular complexity index is 764. The number of fused-ring (bicyclic) bond motifs is 2. The summed E-state index contributed by atoms with van der Waals surface area (Å²) in [7, 11) is -1.91. The van der Waals surface area contributed by atoms with E-state index in [0.29, 0.717) is 37.6 Å². The van der Waals surface area contributed by atoms with Crippen LogP contribution in [0, 0.1) is 0 Å². The number of hydrogen-bond acceptors (Lipinski definition) is 5. The minimum absolute atomic E-state index is 0.180. The maximum Gasteiger partial charge on any atom is 0.292 e. The zero-order chi connectivity index (χ0) is 16.2. The van der Waals surface area contributed by atoms with E-state index in [-0.39, 0.29) is 10.8 Å². The molecule has 1 aromatic carbocycles. The highest BCUT2D eigenvalue weighted by molar-refractivity contribution is 7.89. The Kier molecular flexibility index (Phi) is 3.28. The topological polar surface area (TPSA) is 76.1 Å². The van der Waals surface area contributed by atoms with Crippen molar-refractivity contribution in [3.8, 4) is 0 Å². The molecule has 1 spiro atoms. The molecule has 1 aromatic rings. The SMILES string of the molecule is CN1C(=O)C2(OCCO2)c2cc(S(=O)(=O)N3CCCC3)ccc21. The Balaban J connectivity index is 1.82. The number of nitrogens with zero attached hydrogens (tertiary/aromatic N) is 2. The Morgan fingerprint density at radius 3 is 2.43 bits per heavy atom. The number of carbonyl (C=O) groups excluding carboxylic acids is 1. The van der Waals surface area contributed by atoms with Crippen molar-refractivity contribution in [2.24, 2.45) is 0 Å². The molecule has 0 saturated carbocycles. The van der Waals surface area contributed by atoms with Crippen molar-refractivity contribution in [1.82, 2.24) is 4.31 Å². The number of anilines is 1. The molecule has 3 aliphatic heterocycles. The van der Waals surface area contributed by atoms with E-state index in [1.165, 1.54) is 15.3 Å². The molecule has 124 valence electrons. The van der Waals surface area contributed by atoms with Crippen LogP contribution in [0.25, 0.3) is 0 Å². The first kappa shape index (κ1) is 15.1. The molecule has 3 aliphatic rings. The number of amides is 1. The summed E-state index contributed by atoms with van der Waals surface area (Å²) < 4.78 is 38.1. The van der Waals surface area contributed by atoms with E-state index in [9.17, 15) is 13.2 Å². The van der Waals surface area contributed by atoms with Crippen molar-refractivity contribution >= 4 is 21.6 Å². The van der Waals surface area contributed by atoms with Gasteiger partial charge in [0.1, 0.15) is 0 Å². The normalized spacial score (nSPS) is 23.9. The summed E-state index contributed by atoms with van der Waals surface area (Å²) in [6.07, 6.45) is 1.75. The highest BCUT2D eigenvalue weighted by atomic mass is 32.2. The van der Waals surface area contributed by atoms with E-state index in [2.05, 4.69) is 0 Å². The zero-order valence-electron chi connectivity index (χ0n) is 12.8. The van der Waals surface area contributed by atoms with Crippen molar-refractivity contribution in [3.63, 3.8) is 0 Å². The molecule has 0 N–H and O–H groups in total. The van der Waals surface area contributed by atoms with Crippen LogP contribution in [0.4, 0.5) is 5.69 Å². The number of hydrogen-bond donors (Lipinski definition) is 0. The number of ether oxygens (including phenoxy) is 2. The van der Waals surface area contributed by atoms with Crippen molar-refractivity contribution in [2.75, 3.05) is 38.3 Å². The maximum absolute atomic E-state index is 12.7. The van der Waals surface area contributed by atoms with Crippen LogP contribution in [0.15, 0.2) is 23.1 Å². The van der Waals surface area contributed by atoms with Gasteiger partial charge in [-0.05, 0) is 31.0 Å². The lowest BCUT2D eigenvalue weighted by Gasteiger charge is -2.21. The lowest BCUT2D eigenvalue weighted by atomic mass is 10.1. The Morgan fingerprint density at radius 1 is 1.13 bits per heavy atom. The average molecular weight is 338 g/mol. The molecule has 1 amide bonds. The monoisotopic (exact) mass is 338 g/mol. The van der Waals surface area contributed by atoms with E-state index >= 15 is 0 Å². The smallest absolute Gasteiger partial charge is 0.292 e. The lowest BCUT2D eigenvalue weighted by Crippen LogP contribution is -2.39. The summed E-state index contributed by atoms with van der Waals surface area (Å²) in [6.45, 7) is 1.69. The molecule has 7 nitrogen and oxygen atoms in total. The van der Waals surface area contributed by atoms with E-state index in [0.717, 1.165) is 12.8 Å². The number of benzene rings is 1. The van der Waals surface area contributed by atoms with Gasteiger partial charge in [-0.1, -0.05) is 0 Å². The van der Waals surface area contributed by atoms with Gasteiger partial charge < -0.3 is 14.4 Å². The molecular formula is C15H18N2O5S. The van der Waals surface area contributed by atoms with Gasteiger partial charge in [0, 0.05) is 25.7 Å². The van der Waals surface area contributed by atoms with Gasteiger partial charge in [-0.15, -0.1) is 0 Å². The minimum Gasteiger partial charge on any atom is -0.336 e. The van der Waals surface area contributed by atoms with Crippen molar-refractivity contribution < 1.29 is 22.7 Å². The van der Waals surface area contributed by atoms with Gasteiger partial charge in [0.25, 0.3) is 11.7 Å². The van der Waals surface area contributed by atoms with Gasteiger partial charge in [0.05, 0.1) is 23.8 Å². The molecule has 0 bridgehead atoms. The van der Waals surface area contributed by atoms with Crippen molar-refractivity contribution in [1.29, 1.82) is 0 Å². The van der Waals surface area contributed by atoms with Crippen molar-refractivity contribution in [3.05, 3.63) is 23.8 Å². The van der Waals surface area contributed by atoms with E-state index < -0.39 is 15.8 Å². The summed E-state index contributed by atoms with van der Waals surface area (Å²) in [5, 5.41) is 0. The third kappa shape index (κ3) is 1.99. The first-order chi connectivity index (χ1) is 11.0. The lowest BCUT2D eigenvalue weighted by molar-refractivity contribution is -0.180. The van der Waals surface area contributed by atoms with Crippen molar-refractivity contribution in [2.45, 2.75) is 23.5 Å². The Hall–Kier alpha value is -1.48. The fourth-order valence-corrected chi connectivity index (χ4v) is 4.99. The number of sulfonamides is 1. The molecular weight excluding hydrogens is 320 g/mol. The van der Waals surface area contributed by atoms with Gasteiger partial charge in [0.2, 0.25) is 10.0 Å². The summed E-state index contributed by atoms with van der Waals surface area (Å²) in [5.41, 5.74) is 1.10. The van der Waals surface area contributed by atoms with E-state index in [1.54, 1.807) is 19.2 Å². The summed E-state index contributed by atoms with van der Waals surface area (Å²) >= 11 is 0. The fraction of sp³-hybridized carbons (Fsp3) is 0.533. The first-order valence-electron chi connectivity index (χ1n) is 7.67. The number of likely N-dealkylation sites (N-methyl/N-ethyl adjacent to an activating group) is 1. The van der Waals surface area contributed by atoms with Crippen LogP contribution in [-0.2, 0) is 30.1 Å². The van der Waals surface area contributed by atoms with E-state index in [1.807, 2.05) is 0 Å². The second-order valence-corrected chi connectivity index (χ2v) is 7.91. The first-order valence-corrected chi connectivity index (χ1v) is 9.11. The predicted molar refractivity (Wildman–Crippen MR) is 81.4 cm³/mol. The minimum atomic E-state index is -3.55. The molecule has 23 heavy (non-hydrogen) atoms. The van der Waals surface area contributed by atoms with Crippen LogP contribution in [0.2, 0.25) is 0 Å². The van der Waals surface area contributed by atoms with Gasteiger partial charge in [-0.2, -0.15) is 4.31 Å². The largest absolute Gasteiger partial charge is 0.336 e. The molecule has 0 aliphatic carbocycles. The summed E-state index contributed by atoms with van der Waals surface area (Å²) in [5.74, 6) is -1.80. The molecule has 4 rings (SSSR count). The van der Waals surface area contributed by atoms with E-state index in [4.69, 9.17) is 9.47 Å². The van der Waals surface area contributed by atoms with Crippen LogP contribution in [0.3, 0.4) is 0 Å². The molecule has 0 unspecified atom stereocenters. The Labute approximate surface area is 134 Å². The predicted octanol–water partition coefficient (Wildman–Crippen LogP) is 0.647. The molecule has 3 heterocycles. The average Bonchev–Trinajstić information content (AvgIpc) is 3.27. The fourth-order valence-electron chi connectivity index (χ4n) is 3.45. The molecule has 8 heteroatoms. The van der Waals surface area contributed by atoms with Gasteiger partial charge >= 0.3 is 0 Å². The molecule has 0 aromatic heterocycles. The van der Waals surface area contributed by atoms with Crippen LogP contribution < -0.4 is 4.90 Å².